The number of likely N-dealkylation sites (tertiary alicyclic amines) is 1. The highest BCUT2D eigenvalue weighted by Gasteiger charge is 2.16. The van der Waals surface area contributed by atoms with Crippen LogP contribution >= 0.6 is 0 Å². The van der Waals surface area contributed by atoms with Crippen LogP contribution < -0.4 is 5.32 Å². The Balaban J connectivity index is 2.12. The van der Waals surface area contributed by atoms with Crippen LogP contribution in [0.5, 0.6) is 0 Å². The minimum Gasteiger partial charge on any atom is -0.444 e. The topological polar surface area (TPSA) is 41.6 Å². The molecule has 0 atom stereocenters. The molecule has 1 heterocycles. The van der Waals surface area contributed by atoms with Crippen LogP contribution in [0.15, 0.2) is 0 Å². The predicted octanol–water partition coefficient (Wildman–Crippen LogP) is 2.39. The van der Waals surface area contributed by atoms with Gasteiger partial charge in [0.05, 0.1) is 0 Å². The lowest BCUT2D eigenvalue weighted by atomic mass is 10.2. The van der Waals surface area contributed by atoms with E-state index in [1.165, 1.54) is 25.7 Å². The van der Waals surface area contributed by atoms with Gasteiger partial charge in [0.15, 0.2) is 0 Å². The Kier molecular flexibility index (Phi) is 5.75. The number of carbonyl (C=O) groups is 1. The summed E-state index contributed by atoms with van der Waals surface area (Å²) in [6, 6.07) is 0. The first-order chi connectivity index (χ1) is 7.97. The molecule has 4 heteroatoms. The van der Waals surface area contributed by atoms with Crippen LogP contribution in [0.3, 0.4) is 0 Å². The lowest BCUT2D eigenvalue weighted by Crippen LogP contribution is -2.38. The third-order valence-corrected chi connectivity index (χ3v) is 2.79. The molecule has 0 spiro atoms. The fourth-order valence-electron chi connectivity index (χ4n) is 1.99. The number of alkyl carbamates (subject to hydrolysis) is 1. The highest BCUT2D eigenvalue weighted by Crippen LogP contribution is 2.09. The van der Waals surface area contributed by atoms with E-state index in [0.717, 1.165) is 19.6 Å². The maximum absolute atomic E-state index is 11.4. The van der Waals surface area contributed by atoms with Crippen molar-refractivity contribution < 1.29 is 9.53 Å². The summed E-state index contributed by atoms with van der Waals surface area (Å²) in [6.07, 6.45) is 4.94. The Morgan fingerprint density at radius 2 is 1.76 bits per heavy atom. The van der Waals surface area contributed by atoms with E-state index in [4.69, 9.17) is 4.74 Å². The number of nitrogens with one attached hydrogen (secondary N) is 1. The Bertz CT molecular complexity index is 228. The molecule has 1 aliphatic heterocycles. The van der Waals surface area contributed by atoms with Gasteiger partial charge in [-0.3, -0.25) is 0 Å². The molecular formula is C13H26N2O2. The summed E-state index contributed by atoms with van der Waals surface area (Å²) in [4.78, 5) is 13.8. The van der Waals surface area contributed by atoms with E-state index in [1.807, 2.05) is 20.8 Å². The van der Waals surface area contributed by atoms with Crippen molar-refractivity contribution in [1.29, 1.82) is 0 Å². The van der Waals surface area contributed by atoms with Gasteiger partial charge in [0.25, 0.3) is 0 Å². The van der Waals surface area contributed by atoms with Gasteiger partial charge in [-0.2, -0.15) is 0 Å². The summed E-state index contributed by atoms with van der Waals surface area (Å²) in [5.74, 6) is 0. The molecule has 17 heavy (non-hydrogen) atoms. The Morgan fingerprint density at radius 1 is 1.18 bits per heavy atom. The van der Waals surface area contributed by atoms with Crippen LogP contribution in [0.1, 0.15) is 46.5 Å². The van der Waals surface area contributed by atoms with Crippen molar-refractivity contribution in [3.8, 4) is 0 Å². The molecule has 0 aliphatic carbocycles. The van der Waals surface area contributed by atoms with Gasteiger partial charge in [-0.05, 0) is 46.7 Å². The number of hydrogen-bond acceptors (Lipinski definition) is 3. The van der Waals surface area contributed by atoms with Crippen LogP contribution in [0, 0.1) is 0 Å². The molecule has 1 N–H and O–H groups in total. The van der Waals surface area contributed by atoms with Gasteiger partial charge in [-0.25, -0.2) is 4.79 Å². The number of nitrogens with zero attached hydrogens (tertiary/aromatic N) is 1. The van der Waals surface area contributed by atoms with Gasteiger partial charge in [-0.1, -0.05) is 12.8 Å². The highest BCUT2D eigenvalue weighted by molar-refractivity contribution is 5.67. The first-order valence-electron chi connectivity index (χ1n) is 6.66. The lowest BCUT2D eigenvalue weighted by Gasteiger charge is -2.22. The molecule has 100 valence electrons. The van der Waals surface area contributed by atoms with Gasteiger partial charge < -0.3 is 15.0 Å². The van der Waals surface area contributed by atoms with E-state index >= 15 is 0 Å². The van der Waals surface area contributed by atoms with Crippen LogP contribution in [0.25, 0.3) is 0 Å². The van der Waals surface area contributed by atoms with Gasteiger partial charge in [0.2, 0.25) is 0 Å². The molecule has 1 saturated heterocycles. The minimum absolute atomic E-state index is 0.313. The molecule has 1 fully saturated rings. The van der Waals surface area contributed by atoms with Gasteiger partial charge in [0, 0.05) is 13.1 Å². The first kappa shape index (κ1) is 14.3. The molecule has 0 aromatic heterocycles. The fraction of sp³-hybridized carbons (Fsp3) is 0.923. The summed E-state index contributed by atoms with van der Waals surface area (Å²) < 4.78 is 5.18. The second-order valence-electron chi connectivity index (χ2n) is 5.68. The molecule has 0 saturated carbocycles. The van der Waals surface area contributed by atoms with Crippen LogP contribution in [-0.2, 0) is 4.74 Å². The zero-order valence-corrected chi connectivity index (χ0v) is 11.4. The van der Waals surface area contributed by atoms with Crippen molar-refractivity contribution in [2.24, 2.45) is 0 Å². The SMILES string of the molecule is CC(C)(C)OC(=O)NCCN1CCCCCC1. The van der Waals surface area contributed by atoms with Crippen LogP contribution in [0.2, 0.25) is 0 Å². The Morgan fingerprint density at radius 3 is 2.29 bits per heavy atom. The van der Waals surface area contributed by atoms with Gasteiger partial charge in [0.1, 0.15) is 5.60 Å². The predicted molar refractivity (Wildman–Crippen MR) is 69.1 cm³/mol. The number of ether oxygens (including phenoxy) is 1. The monoisotopic (exact) mass is 242 g/mol. The summed E-state index contributed by atoms with van der Waals surface area (Å²) >= 11 is 0. The van der Waals surface area contributed by atoms with E-state index < -0.39 is 5.60 Å². The maximum Gasteiger partial charge on any atom is 0.407 e. The average Bonchev–Trinajstić information content (AvgIpc) is 2.43. The quantitative estimate of drug-likeness (QED) is 0.826. The Labute approximate surface area is 105 Å². The van der Waals surface area contributed by atoms with Crippen LogP contribution in [-0.4, -0.2) is 42.8 Å². The minimum atomic E-state index is -0.410. The zero-order valence-electron chi connectivity index (χ0n) is 11.4. The molecule has 0 bridgehead atoms. The van der Waals surface area contributed by atoms with Crippen LogP contribution in [0.4, 0.5) is 4.79 Å². The number of carbonyl (C=O) groups excluding carboxylic acids is 1. The molecular weight excluding hydrogens is 216 g/mol. The molecule has 0 aromatic rings. The smallest absolute Gasteiger partial charge is 0.407 e. The lowest BCUT2D eigenvalue weighted by molar-refractivity contribution is 0.0522. The average molecular weight is 242 g/mol. The van der Waals surface area contributed by atoms with Crippen molar-refractivity contribution in [3.63, 3.8) is 0 Å². The van der Waals surface area contributed by atoms with Crippen molar-refractivity contribution in [1.82, 2.24) is 10.2 Å². The third kappa shape index (κ3) is 7.21. The van der Waals surface area contributed by atoms with E-state index in [1.54, 1.807) is 0 Å². The van der Waals surface area contributed by atoms with Crippen molar-refractivity contribution in [2.75, 3.05) is 26.2 Å². The van der Waals surface area contributed by atoms with Crippen molar-refractivity contribution >= 4 is 6.09 Å². The van der Waals surface area contributed by atoms with Crippen molar-refractivity contribution in [3.05, 3.63) is 0 Å². The molecule has 0 radical (unpaired) electrons. The maximum atomic E-state index is 11.4. The second-order valence-corrected chi connectivity index (χ2v) is 5.68. The summed E-state index contributed by atoms with van der Waals surface area (Å²) in [7, 11) is 0. The third-order valence-electron chi connectivity index (χ3n) is 2.79. The molecule has 0 unspecified atom stereocenters. The molecule has 1 rings (SSSR count). The van der Waals surface area contributed by atoms with E-state index in [-0.39, 0.29) is 6.09 Å². The van der Waals surface area contributed by atoms with E-state index in [0.29, 0.717) is 6.54 Å². The summed E-state index contributed by atoms with van der Waals surface area (Å²) in [5.41, 5.74) is -0.410. The standard InChI is InChI=1S/C13H26N2O2/c1-13(2,3)17-12(16)14-8-11-15-9-6-4-5-7-10-15/h4-11H2,1-3H3,(H,14,16). The molecule has 4 nitrogen and oxygen atoms in total. The summed E-state index contributed by atoms with van der Waals surface area (Å²) in [5, 5.41) is 2.80. The first-order valence-corrected chi connectivity index (χ1v) is 6.66. The number of rotatable bonds is 3. The molecule has 0 aromatic carbocycles. The molecule has 1 aliphatic rings. The number of amides is 1. The van der Waals surface area contributed by atoms with Gasteiger partial charge in [-0.15, -0.1) is 0 Å². The molecule has 1 amide bonds. The van der Waals surface area contributed by atoms with E-state index in [2.05, 4.69) is 10.2 Å². The zero-order chi connectivity index (χ0) is 12.7. The van der Waals surface area contributed by atoms with E-state index in [9.17, 15) is 4.79 Å². The number of hydrogen-bond donors (Lipinski definition) is 1. The normalized spacial score (nSPS) is 18.5. The fourth-order valence-corrected chi connectivity index (χ4v) is 1.99. The summed E-state index contributed by atoms with van der Waals surface area (Å²) in [6.45, 7) is 9.56. The highest BCUT2D eigenvalue weighted by atomic mass is 16.6. The largest absolute Gasteiger partial charge is 0.444 e. The Hall–Kier alpha value is -0.770. The van der Waals surface area contributed by atoms with Crippen molar-refractivity contribution in [2.45, 2.75) is 52.1 Å². The van der Waals surface area contributed by atoms with Gasteiger partial charge >= 0.3 is 6.09 Å². The second kappa shape index (κ2) is 6.84.